The Labute approximate surface area is 253 Å². The van der Waals surface area contributed by atoms with Crippen LogP contribution in [0.25, 0.3) is 22.3 Å². The lowest BCUT2D eigenvalue weighted by molar-refractivity contribution is 0.0496. The fourth-order valence-corrected chi connectivity index (χ4v) is 6.03. The molecule has 1 amide bonds. The minimum Gasteiger partial charge on any atom is -0.457 e. The predicted molar refractivity (Wildman–Crippen MR) is 154 cm³/mol. The van der Waals surface area contributed by atoms with E-state index in [1.807, 2.05) is 30.3 Å². The van der Waals surface area contributed by atoms with Crippen molar-refractivity contribution in [2.24, 2.45) is 0 Å². The van der Waals surface area contributed by atoms with Gasteiger partial charge >= 0.3 is 0 Å². The number of hydrogen-bond donors (Lipinski definition) is 1. The first-order valence-corrected chi connectivity index (χ1v) is 14.7. The number of ether oxygens (including phenoxy) is 1. The predicted octanol–water partition coefficient (Wildman–Crippen LogP) is 4.37. The van der Waals surface area contributed by atoms with Gasteiger partial charge in [0.05, 0.1) is 11.4 Å². The number of nitrogens with zero attached hydrogens (tertiary/aromatic N) is 6. The van der Waals surface area contributed by atoms with E-state index in [1.165, 1.54) is 11.0 Å². The van der Waals surface area contributed by atoms with E-state index in [2.05, 4.69) is 15.1 Å². The van der Waals surface area contributed by atoms with Crippen LogP contribution < -0.4 is 10.5 Å². The number of aromatic nitrogens is 4. The van der Waals surface area contributed by atoms with Crippen LogP contribution in [0, 0.1) is 23.3 Å². The maximum absolute atomic E-state index is 14.9. The maximum atomic E-state index is 14.9. The van der Waals surface area contributed by atoms with Gasteiger partial charge in [-0.25, -0.2) is 44.9 Å². The van der Waals surface area contributed by atoms with Crippen LogP contribution in [0.15, 0.2) is 65.8 Å². The molecule has 0 saturated carbocycles. The van der Waals surface area contributed by atoms with Crippen molar-refractivity contribution in [1.82, 2.24) is 29.0 Å². The molecule has 0 unspecified atom stereocenters. The number of nitrogen functional groups attached to an aromatic ring is 1. The van der Waals surface area contributed by atoms with Crippen LogP contribution in [0.5, 0.6) is 11.5 Å². The van der Waals surface area contributed by atoms with Gasteiger partial charge in [-0.2, -0.15) is 5.10 Å². The number of anilines is 1. The number of hydrogen-bond acceptors (Lipinski definition) is 8. The molecule has 3 aromatic carbocycles. The standard InChI is InChI=1S/C29H23F4N7O4S/c1-38(2)45(42,43)26-19(21(30)22(31)23(32)24(26)33)29(41)39-12-16(13-39)40-28-20(27(34)35-14-36-28)25(37-40)15-8-10-18(11-9-15)44-17-6-4-3-5-7-17/h3-11,14,16H,12-13H2,1-2H3,(H2,34,35,36). The molecule has 1 saturated heterocycles. The molecule has 16 heteroatoms. The summed E-state index contributed by atoms with van der Waals surface area (Å²) in [6.45, 7) is -0.353. The van der Waals surface area contributed by atoms with Gasteiger partial charge in [0.2, 0.25) is 10.0 Å². The van der Waals surface area contributed by atoms with Gasteiger partial charge in [-0.05, 0) is 36.4 Å². The Bertz CT molecular complexity index is 2070. The summed E-state index contributed by atoms with van der Waals surface area (Å²) in [5, 5.41) is 5.09. The zero-order valence-corrected chi connectivity index (χ0v) is 24.4. The Morgan fingerprint density at radius 2 is 1.53 bits per heavy atom. The Hall–Kier alpha value is -5.09. The van der Waals surface area contributed by atoms with Crippen LogP contribution in [0.2, 0.25) is 0 Å². The Balaban J connectivity index is 1.31. The molecule has 3 heterocycles. The number of carbonyl (C=O) groups is 1. The topological polar surface area (TPSA) is 137 Å². The van der Waals surface area contributed by atoms with Crippen molar-refractivity contribution in [3.8, 4) is 22.8 Å². The summed E-state index contributed by atoms with van der Waals surface area (Å²) in [7, 11) is -2.96. The normalized spacial score (nSPS) is 13.8. The van der Waals surface area contributed by atoms with Crippen LogP contribution >= 0.6 is 0 Å². The van der Waals surface area contributed by atoms with Gasteiger partial charge in [-0.3, -0.25) is 4.79 Å². The Morgan fingerprint density at radius 3 is 2.18 bits per heavy atom. The number of benzene rings is 3. The number of carbonyl (C=O) groups excluding carboxylic acids is 1. The first-order valence-electron chi connectivity index (χ1n) is 13.3. The fraction of sp³-hybridized carbons (Fsp3) is 0.172. The largest absolute Gasteiger partial charge is 0.457 e. The summed E-state index contributed by atoms with van der Waals surface area (Å²) in [5.41, 5.74) is 6.14. The van der Waals surface area contributed by atoms with Gasteiger partial charge in [0.1, 0.15) is 39.8 Å². The summed E-state index contributed by atoms with van der Waals surface area (Å²) >= 11 is 0. The second kappa shape index (κ2) is 11.1. The average molecular weight is 642 g/mol. The van der Waals surface area contributed by atoms with Crippen molar-refractivity contribution in [2.45, 2.75) is 10.9 Å². The number of sulfonamides is 1. The van der Waals surface area contributed by atoms with Crippen molar-refractivity contribution < 1.29 is 35.5 Å². The molecular weight excluding hydrogens is 618 g/mol. The molecule has 0 aliphatic carbocycles. The van der Waals surface area contributed by atoms with E-state index in [-0.39, 0.29) is 18.9 Å². The lowest BCUT2D eigenvalue weighted by Gasteiger charge is -2.39. The summed E-state index contributed by atoms with van der Waals surface area (Å²) < 4.78 is 91.2. The fourth-order valence-electron chi connectivity index (χ4n) is 4.92. The molecule has 11 nitrogen and oxygen atoms in total. The molecule has 1 aliphatic rings. The van der Waals surface area contributed by atoms with Gasteiger partial charge in [-0.15, -0.1) is 0 Å². The second-order valence-electron chi connectivity index (χ2n) is 10.3. The number of rotatable bonds is 7. The molecule has 232 valence electrons. The number of halogens is 4. The van der Waals surface area contributed by atoms with Gasteiger partial charge in [0.15, 0.2) is 28.9 Å². The summed E-state index contributed by atoms with van der Waals surface area (Å²) in [5.74, 6) is -8.95. The second-order valence-corrected chi connectivity index (χ2v) is 12.4. The van der Waals surface area contributed by atoms with Gasteiger partial charge in [0, 0.05) is 32.7 Å². The first kappa shape index (κ1) is 30.0. The average Bonchev–Trinajstić information content (AvgIpc) is 3.38. The number of para-hydroxylation sites is 1. The molecule has 1 aliphatic heterocycles. The van der Waals surface area contributed by atoms with Crippen LogP contribution in [0.3, 0.4) is 0 Å². The third-order valence-electron chi connectivity index (χ3n) is 7.30. The highest BCUT2D eigenvalue weighted by Gasteiger charge is 2.42. The highest BCUT2D eigenvalue weighted by molar-refractivity contribution is 7.89. The summed E-state index contributed by atoms with van der Waals surface area (Å²) in [4.78, 5) is 21.0. The summed E-state index contributed by atoms with van der Waals surface area (Å²) in [6, 6.07) is 15.6. The number of nitrogens with two attached hydrogens (primary N) is 1. The van der Waals surface area contributed by atoms with E-state index in [0.29, 0.717) is 38.1 Å². The minimum atomic E-state index is -4.90. The van der Waals surface area contributed by atoms with E-state index >= 15 is 0 Å². The number of likely N-dealkylation sites (tertiary alicyclic amines) is 1. The van der Waals surface area contributed by atoms with Crippen LogP contribution in [0.1, 0.15) is 16.4 Å². The van der Waals surface area contributed by atoms with E-state index < -0.39 is 55.7 Å². The Morgan fingerprint density at radius 1 is 0.911 bits per heavy atom. The monoisotopic (exact) mass is 641 g/mol. The third-order valence-corrected chi connectivity index (χ3v) is 9.16. The molecule has 2 N–H and O–H groups in total. The highest BCUT2D eigenvalue weighted by Crippen LogP contribution is 2.37. The molecule has 6 rings (SSSR count). The molecule has 1 fully saturated rings. The molecule has 0 radical (unpaired) electrons. The quantitative estimate of drug-likeness (QED) is 0.157. The SMILES string of the molecule is CN(C)S(=O)(=O)c1c(F)c(F)c(F)c(F)c1C(=O)N1CC(n2nc(-c3ccc(Oc4ccccc4)cc3)c3c(N)ncnc32)C1. The van der Waals surface area contributed by atoms with Crippen molar-refractivity contribution in [2.75, 3.05) is 32.9 Å². The lowest BCUT2D eigenvalue weighted by atomic mass is 10.1. The van der Waals surface area contributed by atoms with Gasteiger partial charge in [0.25, 0.3) is 5.91 Å². The minimum absolute atomic E-state index is 0.135. The van der Waals surface area contributed by atoms with Crippen LogP contribution in [-0.2, 0) is 10.0 Å². The molecule has 45 heavy (non-hydrogen) atoms. The van der Waals surface area contributed by atoms with Crippen molar-refractivity contribution >= 4 is 32.8 Å². The third kappa shape index (κ3) is 5.01. The first-order chi connectivity index (χ1) is 21.4. The van der Waals surface area contributed by atoms with Crippen LogP contribution in [0.4, 0.5) is 23.4 Å². The number of amides is 1. The van der Waals surface area contributed by atoms with Gasteiger partial charge in [-0.1, -0.05) is 18.2 Å². The van der Waals surface area contributed by atoms with Gasteiger partial charge < -0.3 is 15.4 Å². The Kier molecular flexibility index (Phi) is 7.40. The smallest absolute Gasteiger partial charge is 0.258 e. The maximum Gasteiger partial charge on any atom is 0.258 e. The van der Waals surface area contributed by atoms with E-state index in [9.17, 15) is 30.8 Å². The van der Waals surface area contributed by atoms with E-state index in [4.69, 9.17) is 10.5 Å². The van der Waals surface area contributed by atoms with Crippen molar-refractivity contribution in [3.63, 3.8) is 0 Å². The van der Waals surface area contributed by atoms with E-state index in [0.717, 1.165) is 19.0 Å². The molecular formula is C29H23F4N7O4S. The summed E-state index contributed by atoms with van der Waals surface area (Å²) in [6.07, 6.45) is 1.23. The lowest BCUT2D eigenvalue weighted by Crippen LogP contribution is -2.51. The number of fused-ring (bicyclic) bond motifs is 1. The molecule has 5 aromatic rings. The van der Waals surface area contributed by atoms with Crippen LogP contribution in [-0.4, -0.2) is 70.5 Å². The zero-order chi connectivity index (χ0) is 32.2. The van der Waals surface area contributed by atoms with Crippen molar-refractivity contribution in [3.05, 3.63) is 89.8 Å². The molecule has 0 atom stereocenters. The molecule has 0 spiro atoms. The zero-order valence-electron chi connectivity index (χ0n) is 23.6. The molecule has 2 aromatic heterocycles. The van der Waals surface area contributed by atoms with E-state index in [1.54, 1.807) is 24.3 Å². The molecule has 0 bridgehead atoms. The highest BCUT2D eigenvalue weighted by atomic mass is 32.2. The van der Waals surface area contributed by atoms with Crippen molar-refractivity contribution in [1.29, 1.82) is 0 Å².